The molecule has 1 aromatic rings. The zero-order chi connectivity index (χ0) is 14.2. The third-order valence-corrected chi connectivity index (χ3v) is 5.43. The molecule has 110 valence electrons. The average Bonchev–Trinajstić information content (AvgIpc) is 2.98. The number of sulfonamides is 1. The van der Waals surface area contributed by atoms with Gasteiger partial charge in [-0.2, -0.15) is 0 Å². The molecular weight excluding hydrogens is 276 g/mol. The van der Waals surface area contributed by atoms with Crippen molar-refractivity contribution in [1.29, 1.82) is 0 Å². The Morgan fingerprint density at radius 2 is 2.15 bits per heavy atom. The van der Waals surface area contributed by atoms with E-state index < -0.39 is 10.0 Å². The molecule has 1 aliphatic heterocycles. The van der Waals surface area contributed by atoms with E-state index in [1.54, 1.807) is 0 Å². The van der Waals surface area contributed by atoms with Gasteiger partial charge in [-0.3, -0.25) is 0 Å². The van der Waals surface area contributed by atoms with E-state index in [0.717, 1.165) is 24.0 Å². The molecule has 0 amide bonds. The van der Waals surface area contributed by atoms with E-state index in [2.05, 4.69) is 4.72 Å². The quantitative estimate of drug-likeness (QED) is 0.857. The summed E-state index contributed by atoms with van der Waals surface area (Å²) in [5, 5.41) is 0. The molecule has 0 saturated carbocycles. The number of hydrogen-bond donors (Lipinski definition) is 2. The summed E-state index contributed by atoms with van der Waals surface area (Å²) < 4.78 is 32.7. The van der Waals surface area contributed by atoms with E-state index >= 15 is 0 Å². The van der Waals surface area contributed by atoms with Crippen LogP contribution in [0, 0.1) is 0 Å². The van der Waals surface area contributed by atoms with Crippen LogP contribution in [-0.2, 0) is 21.2 Å². The van der Waals surface area contributed by atoms with Gasteiger partial charge in [0.1, 0.15) is 0 Å². The van der Waals surface area contributed by atoms with Crippen molar-refractivity contribution in [3.8, 4) is 0 Å². The molecule has 20 heavy (non-hydrogen) atoms. The van der Waals surface area contributed by atoms with Gasteiger partial charge in [0, 0.05) is 12.6 Å². The fraction of sp³-hybridized carbons (Fsp3) is 0.571. The van der Waals surface area contributed by atoms with Gasteiger partial charge in [0.25, 0.3) is 0 Å². The smallest absolute Gasteiger partial charge is 0.214 e. The van der Waals surface area contributed by atoms with Crippen molar-refractivity contribution < 1.29 is 13.2 Å². The Hall–Kier alpha value is -0.950. The largest absolute Gasteiger partial charge is 0.377 e. The van der Waals surface area contributed by atoms with E-state index in [-0.39, 0.29) is 23.9 Å². The molecule has 3 rings (SSSR count). The Kier molecular flexibility index (Phi) is 3.81. The molecule has 0 spiro atoms. The van der Waals surface area contributed by atoms with E-state index in [1.807, 2.05) is 24.3 Å². The third-order valence-electron chi connectivity index (χ3n) is 4.01. The van der Waals surface area contributed by atoms with E-state index in [0.29, 0.717) is 13.0 Å². The zero-order valence-corrected chi connectivity index (χ0v) is 12.1. The maximum atomic E-state index is 12.3. The van der Waals surface area contributed by atoms with Crippen LogP contribution in [-0.4, -0.2) is 32.9 Å². The third kappa shape index (κ3) is 2.88. The van der Waals surface area contributed by atoms with Crippen LogP contribution in [0.3, 0.4) is 0 Å². The van der Waals surface area contributed by atoms with E-state index in [1.165, 1.54) is 0 Å². The Bertz CT molecular complexity index is 582. The lowest BCUT2D eigenvalue weighted by Crippen LogP contribution is -2.41. The predicted octanol–water partition coefficient (Wildman–Crippen LogP) is 0.710. The van der Waals surface area contributed by atoms with Crippen LogP contribution < -0.4 is 10.5 Å². The topological polar surface area (TPSA) is 81.4 Å². The van der Waals surface area contributed by atoms with Crippen LogP contribution in [0.1, 0.15) is 30.0 Å². The molecule has 1 aromatic carbocycles. The zero-order valence-electron chi connectivity index (χ0n) is 11.3. The first-order chi connectivity index (χ1) is 9.55. The molecule has 0 aromatic heterocycles. The highest BCUT2D eigenvalue weighted by Crippen LogP contribution is 2.30. The van der Waals surface area contributed by atoms with Crippen molar-refractivity contribution in [1.82, 2.24) is 4.72 Å². The summed E-state index contributed by atoms with van der Waals surface area (Å²) >= 11 is 0. The van der Waals surface area contributed by atoms with Gasteiger partial charge in [-0.1, -0.05) is 24.3 Å². The first-order valence-corrected chi connectivity index (χ1v) is 8.65. The van der Waals surface area contributed by atoms with Gasteiger partial charge in [0.15, 0.2) is 0 Å². The molecule has 6 heteroatoms. The fourth-order valence-corrected chi connectivity index (χ4v) is 4.58. The maximum absolute atomic E-state index is 12.3. The molecule has 3 N–H and O–H groups in total. The minimum Gasteiger partial charge on any atom is -0.377 e. The minimum atomic E-state index is -3.38. The van der Waals surface area contributed by atoms with Crippen LogP contribution in [0.4, 0.5) is 0 Å². The second kappa shape index (κ2) is 5.44. The highest BCUT2D eigenvalue weighted by molar-refractivity contribution is 7.89. The summed E-state index contributed by atoms with van der Waals surface area (Å²) in [6, 6.07) is 7.29. The molecule has 1 fully saturated rings. The standard InChI is InChI=1S/C14H20N2O3S/c15-13-8-10-4-1-2-6-12(10)14(13)16-20(17,18)9-11-5-3-7-19-11/h1-2,4,6,11,13-14,16H,3,5,7-9,15H2. The number of benzene rings is 1. The second-order valence-electron chi connectivity index (χ2n) is 5.58. The Morgan fingerprint density at radius 3 is 2.90 bits per heavy atom. The monoisotopic (exact) mass is 296 g/mol. The lowest BCUT2D eigenvalue weighted by Gasteiger charge is -2.20. The minimum absolute atomic E-state index is 0.0262. The number of fused-ring (bicyclic) bond motifs is 1. The molecule has 3 atom stereocenters. The van der Waals surface area contributed by atoms with Crippen molar-refractivity contribution in [3.63, 3.8) is 0 Å². The summed E-state index contributed by atoms with van der Waals surface area (Å²) in [5.74, 6) is 0.0262. The lowest BCUT2D eigenvalue weighted by atomic mass is 10.1. The van der Waals surface area contributed by atoms with Crippen molar-refractivity contribution >= 4 is 10.0 Å². The van der Waals surface area contributed by atoms with Crippen molar-refractivity contribution in [2.24, 2.45) is 5.73 Å². The lowest BCUT2D eigenvalue weighted by molar-refractivity contribution is 0.127. The van der Waals surface area contributed by atoms with Gasteiger partial charge in [-0.15, -0.1) is 0 Å². The number of rotatable bonds is 4. The van der Waals surface area contributed by atoms with Crippen LogP contribution in [0.15, 0.2) is 24.3 Å². The van der Waals surface area contributed by atoms with Gasteiger partial charge in [-0.05, 0) is 30.4 Å². The molecule has 1 heterocycles. The summed E-state index contributed by atoms with van der Waals surface area (Å²) in [4.78, 5) is 0. The molecule has 0 radical (unpaired) electrons. The van der Waals surface area contributed by atoms with Gasteiger partial charge in [0.2, 0.25) is 10.0 Å². The number of nitrogens with two attached hydrogens (primary N) is 1. The summed E-state index contributed by atoms with van der Waals surface area (Å²) in [5.41, 5.74) is 8.21. The fourth-order valence-electron chi connectivity index (χ4n) is 3.04. The molecular formula is C14H20N2O3S. The Balaban J connectivity index is 1.73. The van der Waals surface area contributed by atoms with Gasteiger partial charge in [0.05, 0.1) is 17.9 Å². The first kappa shape index (κ1) is 14.0. The Morgan fingerprint density at radius 1 is 1.35 bits per heavy atom. The summed E-state index contributed by atoms with van der Waals surface area (Å²) in [6.07, 6.45) is 2.28. The van der Waals surface area contributed by atoms with Crippen molar-refractivity contribution in [3.05, 3.63) is 35.4 Å². The highest BCUT2D eigenvalue weighted by atomic mass is 32.2. The van der Waals surface area contributed by atoms with E-state index in [9.17, 15) is 8.42 Å². The number of nitrogens with one attached hydrogen (secondary N) is 1. The Labute approximate surface area is 119 Å². The maximum Gasteiger partial charge on any atom is 0.214 e. The number of hydrogen-bond acceptors (Lipinski definition) is 4. The molecule has 1 saturated heterocycles. The van der Waals surface area contributed by atoms with Gasteiger partial charge in [-0.25, -0.2) is 13.1 Å². The normalized spacial score (nSPS) is 29.6. The highest BCUT2D eigenvalue weighted by Gasteiger charge is 2.34. The average molecular weight is 296 g/mol. The van der Waals surface area contributed by atoms with E-state index in [4.69, 9.17) is 10.5 Å². The second-order valence-corrected chi connectivity index (χ2v) is 7.38. The van der Waals surface area contributed by atoms with Gasteiger partial charge < -0.3 is 10.5 Å². The van der Waals surface area contributed by atoms with Crippen molar-refractivity contribution in [2.45, 2.75) is 37.5 Å². The van der Waals surface area contributed by atoms with Gasteiger partial charge >= 0.3 is 0 Å². The number of ether oxygens (including phenoxy) is 1. The predicted molar refractivity (Wildman–Crippen MR) is 76.8 cm³/mol. The van der Waals surface area contributed by atoms with Crippen LogP contribution in [0.5, 0.6) is 0 Å². The van der Waals surface area contributed by atoms with Crippen LogP contribution in [0.25, 0.3) is 0 Å². The molecule has 3 unspecified atom stereocenters. The van der Waals surface area contributed by atoms with Crippen LogP contribution >= 0.6 is 0 Å². The SMILES string of the molecule is NC1Cc2ccccc2C1NS(=O)(=O)CC1CCCO1. The summed E-state index contributed by atoms with van der Waals surface area (Å²) in [7, 11) is -3.38. The van der Waals surface area contributed by atoms with Crippen molar-refractivity contribution in [2.75, 3.05) is 12.4 Å². The molecule has 2 aliphatic rings. The summed E-state index contributed by atoms with van der Waals surface area (Å²) in [6.45, 7) is 0.659. The van der Waals surface area contributed by atoms with Crippen LogP contribution in [0.2, 0.25) is 0 Å². The molecule has 1 aliphatic carbocycles. The molecule has 0 bridgehead atoms. The molecule has 5 nitrogen and oxygen atoms in total. The first-order valence-electron chi connectivity index (χ1n) is 7.00.